The first-order valence-corrected chi connectivity index (χ1v) is 7.90. The standard InChI is InChI=1S/C19H17BrO2/c1-21-18-12-14(11-13-7-3-6-10-17(13)20)19(22-2)16-9-5-4-8-15(16)18/h3-10,12H,11H2,1-2H3. The van der Waals surface area contributed by atoms with Crippen molar-refractivity contribution in [1.82, 2.24) is 0 Å². The Morgan fingerprint density at radius 1 is 0.818 bits per heavy atom. The molecule has 0 aromatic heterocycles. The van der Waals surface area contributed by atoms with Crippen LogP contribution in [0.2, 0.25) is 0 Å². The van der Waals surface area contributed by atoms with Crippen molar-refractivity contribution in [3.63, 3.8) is 0 Å². The van der Waals surface area contributed by atoms with Crippen molar-refractivity contribution in [1.29, 1.82) is 0 Å². The van der Waals surface area contributed by atoms with E-state index in [-0.39, 0.29) is 0 Å². The first-order chi connectivity index (χ1) is 10.7. The summed E-state index contributed by atoms with van der Waals surface area (Å²) in [7, 11) is 3.42. The van der Waals surface area contributed by atoms with Crippen molar-refractivity contribution in [2.45, 2.75) is 6.42 Å². The molecule has 3 aromatic rings. The Morgan fingerprint density at radius 2 is 1.50 bits per heavy atom. The molecule has 3 rings (SSSR count). The zero-order valence-corrected chi connectivity index (χ0v) is 14.2. The molecule has 22 heavy (non-hydrogen) atoms. The van der Waals surface area contributed by atoms with Crippen LogP contribution in [0, 0.1) is 0 Å². The van der Waals surface area contributed by atoms with E-state index in [0.29, 0.717) is 0 Å². The molecule has 0 aliphatic rings. The van der Waals surface area contributed by atoms with Crippen LogP contribution in [-0.2, 0) is 6.42 Å². The Balaban J connectivity index is 2.18. The number of ether oxygens (including phenoxy) is 2. The third-order valence-corrected chi connectivity index (χ3v) is 4.57. The molecule has 0 bridgehead atoms. The number of rotatable bonds is 4. The lowest BCUT2D eigenvalue weighted by Crippen LogP contribution is -1.98. The number of halogens is 1. The largest absolute Gasteiger partial charge is 0.496 e. The second-order valence-electron chi connectivity index (χ2n) is 5.08. The molecule has 0 aliphatic carbocycles. The lowest BCUT2D eigenvalue weighted by atomic mass is 9.99. The molecule has 112 valence electrons. The van der Waals surface area contributed by atoms with Gasteiger partial charge >= 0.3 is 0 Å². The van der Waals surface area contributed by atoms with Crippen molar-refractivity contribution in [3.05, 3.63) is 70.2 Å². The highest BCUT2D eigenvalue weighted by Crippen LogP contribution is 2.38. The molecule has 0 aliphatic heterocycles. The Morgan fingerprint density at radius 3 is 2.18 bits per heavy atom. The maximum Gasteiger partial charge on any atom is 0.130 e. The fourth-order valence-electron chi connectivity index (χ4n) is 2.76. The molecule has 0 spiro atoms. The van der Waals surface area contributed by atoms with Gasteiger partial charge in [-0.15, -0.1) is 0 Å². The van der Waals surface area contributed by atoms with Crippen molar-refractivity contribution in [2.24, 2.45) is 0 Å². The van der Waals surface area contributed by atoms with Crippen LogP contribution in [0.15, 0.2) is 59.1 Å². The smallest absolute Gasteiger partial charge is 0.130 e. The van der Waals surface area contributed by atoms with E-state index in [1.807, 2.05) is 24.3 Å². The molecular formula is C19H17BrO2. The predicted molar refractivity (Wildman–Crippen MR) is 94.0 cm³/mol. The second kappa shape index (κ2) is 6.41. The molecule has 0 saturated carbocycles. The zero-order valence-electron chi connectivity index (χ0n) is 12.6. The molecule has 0 saturated heterocycles. The summed E-state index contributed by atoms with van der Waals surface area (Å²) in [5.41, 5.74) is 2.34. The molecule has 3 aromatic carbocycles. The molecule has 0 heterocycles. The highest BCUT2D eigenvalue weighted by atomic mass is 79.9. The van der Waals surface area contributed by atoms with Crippen molar-refractivity contribution < 1.29 is 9.47 Å². The lowest BCUT2D eigenvalue weighted by Gasteiger charge is -2.15. The van der Waals surface area contributed by atoms with E-state index in [1.165, 1.54) is 5.56 Å². The minimum Gasteiger partial charge on any atom is -0.496 e. The Bertz CT molecular complexity index is 812. The van der Waals surface area contributed by atoms with E-state index in [1.54, 1.807) is 14.2 Å². The maximum atomic E-state index is 5.70. The van der Waals surface area contributed by atoms with Crippen LogP contribution < -0.4 is 9.47 Å². The Hall–Kier alpha value is -2.00. The number of fused-ring (bicyclic) bond motifs is 1. The first-order valence-electron chi connectivity index (χ1n) is 7.10. The summed E-state index contributed by atoms with van der Waals surface area (Å²) >= 11 is 3.61. The van der Waals surface area contributed by atoms with Gasteiger partial charge in [-0.1, -0.05) is 58.4 Å². The van der Waals surface area contributed by atoms with Gasteiger partial charge in [0.25, 0.3) is 0 Å². The zero-order chi connectivity index (χ0) is 15.5. The van der Waals surface area contributed by atoms with E-state index in [2.05, 4.69) is 46.3 Å². The topological polar surface area (TPSA) is 18.5 Å². The Kier molecular flexibility index (Phi) is 4.34. The first kappa shape index (κ1) is 14.9. The fourth-order valence-corrected chi connectivity index (χ4v) is 3.18. The van der Waals surface area contributed by atoms with Gasteiger partial charge in [0, 0.05) is 27.2 Å². The molecule has 0 fully saturated rings. The normalized spacial score (nSPS) is 10.7. The minimum atomic E-state index is 0.784. The summed E-state index contributed by atoms with van der Waals surface area (Å²) in [5.74, 6) is 1.78. The van der Waals surface area contributed by atoms with Gasteiger partial charge in [0.2, 0.25) is 0 Å². The number of methoxy groups -OCH3 is 2. The molecule has 0 radical (unpaired) electrons. The van der Waals surface area contributed by atoms with Crippen LogP contribution in [0.25, 0.3) is 10.8 Å². The van der Waals surface area contributed by atoms with E-state index in [0.717, 1.165) is 38.7 Å². The number of hydrogen-bond donors (Lipinski definition) is 0. The highest BCUT2D eigenvalue weighted by Gasteiger charge is 2.14. The summed E-state index contributed by atoms with van der Waals surface area (Å²) < 4.78 is 12.4. The SMILES string of the molecule is COc1cc(Cc2ccccc2Br)c(OC)c2ccccc12. The predicted octanol–water partition coefficient (Wildman–Crippen LogP) is 5.21. The van der Waals surface area contributed by atoms with Gasteiger partial charge in [-0.3, -0.25) is 0 Å². The minimum absolute atomic E-state index is 0.784. The van der Waals surface area contributed by atoms with E-state index in [9.17, 15) is 0 Å². The second-order valence-corrected chi connectivity index (χ2v) is 5.94. The van der Waals surface area contributed by atoms with Gasteiger partial charge in [-0.2, -0.15) is 0 Å². The molecule has 0 N–H and O–H groups in total. The number of hydrogen-bond acceptors (Lipinski definition) is 2. The average Bonchev–Trinajstić information content (AvgIpc) is 2.56. The Labute approximate surface area is 138 Å². The molecular weight excluding hydrogens is 340 g/mol. The lowest BCUT2D eigenvalue weighted by molar-refractivity contribution is 0.407. The molecule has 0 atom stereocenters. The van der Waals surface area contributed by atoms with Gasteiger partial charge in [0.05, 0.1) is 14.2 Å². The molecule has 0 unspecified atom stereocenters. The third kappa shape index (κ3) is 2.69. The van der Waals surface area contributed by atoms with Crippen LogP contribution in [0.5, 0.6) is 11.5 Å². The summed E-state index contributed by atoms with van der Waals surface area (Å²) in [6.07, 6.45) is 0.784. The van der Waals surface area contributed by atoms with E-state index < -0.39 is 0 Å². The van der Waals surface area contributed by atoms with Crippen LogP contribution in [-0.4, -0.2) is 14.2 Å². The van der Waals surface area contributed by atoms with Gasteiger partial charge < -0.3 is 9.47 Å². The molecule has 0 amide bonds. The fraction of sp³-hybridized carbons (Fsp3) is 0.158. The quantitative estimate of drug-likeness (QED) is 0.638. The number of benzene rings is 3. The highest BCUT2D eigenvalue weighted by molar-refractivity contribution is 9.10. The monoisotopic (exact) mass is 356 g/mol. The van der Waals surface area contributed by atoms with Gasteiger partial charge in [-0.25, -0.2) is 0 Å². The summed E-state index contributed by atoms with van der Waals surface area (Å²) in [5, 5.41) is 2.14. The van der Waals surface area contributed by atoms with E-state index in [4.69, 9.17) is 9.47 Å². The summed E-state index contributed by atoms with van der Waals surface area (Å²) in [6.45, 7) is 0. The van der Waals surface area contributed by atoms with Gasteiger partial charge in [-0.05, 0) is 17.7 Å². The van der Waals surface area contributed by atoms with Crippen LogP contribution in [0.3, 0.4) is 0 Å². The summed E-state index contributed by atoms with van der Waals surface area (Å²) in [6, 6.07) is 18.5. The van der Waals surface area contributed by atoms with Crippen LogP contribution >= 0.6 is 15.9 Å². The summed E-state index contributed by atoms with van der Waals surface area (Å²) in [4.78, 5) is 0. The van der Waals surface area contributed by atoms with Crippen molar-refractivity contribution >= 4 is 26.7 Å². The van der Waals surface area contributed by atoms with E-state index >= 15 is 0 Å². The van der Waals surface area contributed by atoms with Crippen LogP contribution in [0.4, 0.5) is 0 Å². The molecule has 3 heteroatoms. The molecule has 2 nitrogen and oxygen atoms in total. The van der Waals surface area contributed by atoms with Crippen molar-refractivity contribution in [2.75, 3.05) is 14.2 Å². The average molecular weight is 357 g/mol. The van der Waals surface area contributed by atoms with Crippen molar-refractivity contribution in [3.8, 4) is 11.5 Å². The maximum absolute atomic E-state index is 5.70. The van der Waals surface area contributed by atoms with Gasteiger partial charge in [0.1, 0.15) is 11.5 Å². The third-order valence-electron chi connectivity index (χ3n) is 3.80. The van der Waals surface area contributed by atoms with Gasteiger partial charge in [0.15, 0.2) is 0 Å². The van der Waals surface area contributed by atoms with Crippen LogP contribution in [0.1, 0.15) is 11.1 Å².